The predicted molar refractivity (Wildman–Crippen MR) is 65.4 cm³/mol. The minimum atomic E-state index is -0.691. The Hall–Kier alpha value is -2.24. The Bertz CT molecular complexity index is 439. The summed E-state index contributed by atoms with van der Waals surface area (Å²) in [5, 5.41) is 21.3. The van der Waals surface area contributed by atoms with Crippen molar-refractivity contribution in [2.45, 2.75) is 6.92 Å². The molecule has 0 heterocycles. The Morgan fingerprint density at radius 3 is 2.33 bits per heavy atom. The van der Waals surface area contributed by atoms with Gasteiger partial charge in [0.05, 0.1) is 6.54 Å². The summed E-state index contributed by atoms with van der Waals surface area (Å²) in [6.45, 7) is 2.17. The van der Waals surface area contributed by atoms with Gasteiger partial charge in [-0.1, -0.05) is 6.07 Å². The average Bonchev–Trinajstić information content (AvgIpc) is 2.34. The third-order valence-electron chi connectivity index (χ3n) is 2.55. The zero-order chi connectivity index (χ0) is 13.7. The molecule has 0 saturated heterocycles. The summed E-state index contributed by atoms with van der Waals surface area (Å²) in [6.07, 6.45) is 0. The summed E-state index contributed by atoms with van der Waals surface area (Å²) < 4.78 is 0. The Morgan fingerprint density at radius 1 is 1.28 bits per heavy atom. The van der Waals surface area contributed by atoms with Crippen molar-refractivity contribution in [2.75, 3.05) is 20.1 Å². The predicted octanol–water partition coefficient (Wildman–Crippen LogP) is 0.306. The fraction of sp³-hybridized carbons (Fsp3) is 0.333. The monoisotopic (exact) mass is 252 g/mol. The standard InChI is InChI=1S/C12H16N2O4/c1-3-14(2)10(17)7-13-12(18)11-8(15)5-4-6-9(11)16/h4-6,15-16H,3,7H2,1-2H3,(H,13,18). The Labute approximate surface area is 105 Å². The first-order chi connectivity index (χ1) is 8.47. The van der Waals surface area contributed by atoms with Crippen LogP contribution in [0.2, 0.25) is 0 Å². The van der Waals surface area contributed by atoms with Gasteiger partial charge >= 0.3 is 0 Å². The van der Waals surface area contributed by atoms with Crippen LogP contribution in [0.25, 0.3) is 0 Å². The van der Waals surface area contributed by atoms with Crippen molar-refractivity contribution in [3.05, 3.63) is 23.8 Å². The number of hydrogen-bond acceptors (Lipinski definition) is 4. The fourth-order valence-electron chi connectivity index (χ4n) is 1.32. The van der Waals surface area contributed by atoms with Gasteiger partial charge in [-0.3, -0.25) is 9.59 Å². The van der Waals surface area contributed by atoms with E-state index in [0.29, 0.717) is 6.54 Å². The van der Waals surface area contributed by atoms with Crippen molar-refractivity contribution in [1.82, 2.24) is 10.2 Å². The highest BCUT2D eigenvalue weighted by atomic mass is 16.3. The molecule has 6 nitrogen and oxygen atoms in total. The van der Waals surface area contributed by atoms with Crippen molar-refractivity contribution in [1.29, 1.82) is 0 Å². The Balaban J connectivity index is 2.70. The van der Waals surface area contributed by atoms with Gasteiger partial charge in [-0.15, -0.1) is 0 Å². The number of likely N-dealkylation sites (N-methyl/N-ethyl adjacent to an activating group) is 1. The normalized spacial score (nSPS) is 9.89. The number of benzene rings is 1. The second-order valence-corrected chi connectivity index (χ2v) is 3.76. The van der Waals surface area contributed by atoms with Crippen LogP contribution in [-0.4, -0.2) is 47.1 Å². The highest BCUT2D eigenvalue weighted by Gasteiger charge is 2.17. The molecule has 0 saturated carbocycles. The van der Waals surface area contributed by atoms with Gasteiger partial charge in [-0.2, -0.15) is 0 Å². The zero-order valence-electron chi connectivity index (χ0n) is 10.3. The molecule has 0 atom stereocenters. The van der Waals surface area contributed by atoms with Gasteiger partial charge in [-0.05, 0) is 19.1 Å². The molecule has 18 heavy (non-hydrogen) atoms. The lowest BCUT2D eigenvalue weighted by Gasteiger charge is -2.15. The number of rotatable bonds is 4. The summed E-state index contributed by atoms with van der Waals surface area (Å²) in [6, 6.07) is 3.99. The largest absolute Gasteiger partial charge is 0.507 e. The van der Waals surface area contributed by atoms with Crippen LogP contribution in [-0.2, 0) is 4.79 Å². The number of carbonyl (C=O) groups is 2. The van der Waals surface area contributed by atoms with E-state index in [-0.39, 0.29) is 29.5 Å². The van der Waals surface area contributed by atoms with Crippen LogP contribution in [0.3, 0.4) is 0 Å². The van der Waals surface area contributed by atoms with Crippen molar-refractivity contribution < 1.29 is 19.8 Å². The second kappa shape index (κ2) is 5.90. The molecule has 0 aromatic heterocycles. The molecule has 2 amide bonds. The van der Waals surface area contributed by atoms with E-state index in [9.17, 15) is 19.8 Å². The molecule has 0 aliphatic rings. The lowest BCUT2D eigenvalue weighted by Crippen LogP contribution is -2.38. The first-order valence-electron chi connectivity index (χ1n) is 5.50. The van der Waals surface area contributed by atoms with E-state index in [1.165, 1.54) is 23.1 Å². The maximum absolute atomic E-state index is 11.7. The topological polar surface area (TPSA) is 89.9 Å². The Kier molecular flexibility index (Phi) is 4.53. The molecule has 1 rings (SSSR count). The molecule has 1 aromatic carbocycles. The maximum atomic E-state index is 11.7. The van der Waals surface area contributed by atoms with E-state index < -0.39 is 5.91 Å². The number of hydrogen-bond donors (Lipinski definition) is 3. The third kappa shape index (κ3) is 3.13. The minimum absolute atomic E-state index is 0.184. The van der Waals surface area contributed by atoms with Crippen molar-refractivity contribution in [3.8, 4) is 11.5 Å². The zero-order valence-corrected chi connectivity index (χ0v) is 10.3. The van der Waals surface area contributed by atoms with E-state index in [1.807, 2.05) is 6.92 Å². The van der Waals surface area contributed by atoms with Crippen LogP contribution in [0, 0.1) is 0 Å². The van der Waals surface area contributed by atoms with Crippen LogP contribution in [0.1, 0.15) is 17.3 Å². The minimum Gasteiger partial charge on any atom is -0.507 e. The van der Waals surface area contributed by atoms with E-state index >= 15 is 0 Å². The number of phenolic OH excluding ortho intramolecular Hbond substituents is 2. The molecule has 3 N–H and O–H groups in total. The van der Waals surface area contributed by atoms with Gasteiger partial charge < -0.3 is 20.4 Å². The summed E-state index contributed by atoms with van der Waals surface area (Å²) in [5.41, 5.74) is -0.232. The quantitative estimate of drug-likeness (QED) is 0.719. The van der Waals surface area contributed by atoms with Gasteiger partial charge in [0.2, 0.25) is 5.91 Å². The van der Waals surface area contributed by atoms with Crippen LogP contribution >= 0.6 is 0 Å². The molecule has 98 valence electrons. The van der Waals surface area contributed by atoms with Crippen LogP contribution < -0.4 is 5.32 Å². The number of nitrogens with zero attached hydrogens (tertiary/aromatic N) is 1. The van der Waals surface area contributed by atoms with E-state index in [4.69, 9.17) is 0 Å². The smallest absolute Gasteiger partial charge is 0.259 e. The van der Waals surface area contributed by atoms with Crippen LogP contribution in [0.15, 0.2) is 18.2 Å². The number of amides is 2. The highest BCUT2D eigenvalue weighted by Crippen LogP contribution is 2.25. The van der Waals surface area contributed by atoms with Crippen LogP contribution in [0.4, 0.5) is 0 Å². The summed E-state index contributed by atoms with van der Waals surface area (Å²) in [7, 11) is 1.62. The average molecular weight is 252 g/mol. The summed E-state index contributed by atoms with van der Waals surface area (Å²) >= 11 is 0. The third-order valence-corrected chi connectivity index (χ3v) is 2.55. The lowest BCUT2D eigenvalue weighted by molar-refractivity contribution is -0.128. The molecule has 0 bridgehead atoms. The van der Waals surface area contributed by atoms with Gasteiger partial charge in [0.25, 0.3) is 5.91 Å². The number of nitrogens with one attached hydrogen (secondary N) is 1. The number of phenols is 2. The fourth-order valence-corrected chi connectivity index (χ4v) is 1.32. The van der Waals surface area contributed by atoms with E-state index in [2.05, 4.69) is 5.32 Å². The number of aromatic hydroxyl groups is 2. The molecule has 1 aromatic rings. The molecule has 0 aliphatic heterocycles. The maximum Gasteiger partial charge on any atom is 0.259 e. The van der Waals surface area contributed by atoms with Gasteiger partial charge in [0.1, 0.15) is 17.1 Å². The van der Waals surface area contributed by atoms with E-state index in [0.717, 1.165) is 0 Å². The van der Waals surface area contributed by atoms with Gasteiger partial charge in [0.15, 0.2) is 0 Å². The molecule has 0 unspecified atom stereocenters. The van der Waals surface area contributed by atoms with E-state index in [1.54, 1.807) is 7.05 Å². The van der Waals surface area contributed by atoms with Crippen molar-refractivity contribution in [3.63, 3.8) is 0 Å². The first kappa shape index (κ1) is 13.8. The highest BCUT2D eigenvalue weighted by molar-refractivity contribution is 6.00. The summed E-state index contributed by atoms with van der Waals surface area (Å²) in [5.74, 6) is -1.60. The molecule has 0 radical (unpaired) electrons. The Morgan fingerprint density at radius 2 is 1.83 bits per heavy atom. The molecule has 0 fully saturated rings. The first-order valence-corrected chi connectivity index (χ1v) is 5.50. The molecule has 0 spiro atoms. The second-order valence-electron chi connectivity index (χ2n) is 3.76. The SMILES string of the molecule is CCN(C)C(=O)CNC(=O)c1c(O)cccc1O. The lowest BCUT2D eigenvalue weighted by atomic mass is 10.1. The van der Waals surface area contributed by atoms with Crippen molar-refractivity contribution in [2.24, 2.45) is 0 Å². The molecule has 6 heteroatoms. The van der Waals surface area contributed by atoms with Gasteiger partial charge in [0, 0.05) is 13.6 Å². The molecule has 0 aliphatic carbocycles. The molecular weight excluding hydrogens is 236 g/mol. The van der Waals surface area contributed by atoms with Gasteiger partial charge in [-0.25, -0.2) is 0 Å². The van der Waals surface area contributed by atoms with Crippen molar-refractivity contribution >= 4 is 11.8 Å². The summed E-state index contributed by atoms with van der Waals surface area (Å²) in [4.78, 5) is 24.6. The molecular formula is C12H16N2O4. The number of carbonyl (C=O) groups excluding carboxylic acids is 2. The van der Waals surface area contributed by atoms with Crippen LogP contribution in [0.5, 0.6) is 11.5 Å².